The van der Waals surface area contributed by atoms with Crippen LogP contribution in [0.5, 0.6) is 0 Å². The monoisotopic (exact) mass is 383 g/mol. The number of benzene rings is 2. The molecule has 0 bridgehead atoms. The van der Waals surface area contributed by atoms with Crippen LogP contribution >= 0.6 is 0 Å². The van der Waals surface area contributed by atoms with E-state index in [1.807, 2.05) is 30.3 Å². The van der Waals surface area contributed by atoms with Crippen molar-refractivity contribution in [2.24, 2.45) is 5.92 Å². The van der Waals surface area contributed by atoms with Crippen LogP contribution in [-0.4, -0.2) is 36.5 Å². The van der Waals surface area contributed by atoms with Crippen molar-refractivity contribution in [3.8, 4) is 0 Å². The van der Waals surface area contributed by atoms with Gasteiger partial charge in [0.05, 0.1) is 0 Å². The van der Waals surface area contributed by atoms with E-state index < -0.39 is 0 Å². The molecule has 2 aromatic carbocycles. The van der Waals surface area contributed by atoms with E-state index in [1.54, 1.807) is 17.0 Å². The molecule has 5 nitrogen and oxygen atoms in total. The molecule has 1 aliphatic heterocycles. The fourth-order valence-corrected chi connectivity index (χ4v) is 3.33. The van der Waals surface area contributed by atoms with Crippen LogP contribution in [0.25, 0.3) is 0 Å². The highest BCUT2D eigenvalue weighted by Gasteiger charge is 2.23. The summed E-state index contributed by atoms with van der Waals surface area (Å²) in [5.74, 6) is 0.125. The normalized spacial score (nSPS) is 14.5. The van der Waals surface area contributed by atoms with E-state index >= 15 is 0 Å². The van der Waals surface area contributed by atoms with Crippen LogP contribution in [0, 0.1) is 11.7 Å². The number of nitrogens with zero attached hydrogens (tertiary/aromatic N) is 1. The molecule has 1 fully saturated rings. The number of urea groups is 1. The molecule has 0 radical (unpaired) electrons. The zero-order valence-corrected chi connectivity index (χ0v) is 15.9. The van der Waals surface area contributed by atoms with Crippen LogP contribution < -0.4 is 10.6 Å². The molecule has 2 aromatic rings. The quantitative estimate of drug-likeness (QED) is 0.797. The first kappa shape index (κ1) is 19.9. The van der Waals surface area contributed by atoms with Crippen molar-refractivity contribution in [1.29, 1.82) is 0 Å². The van der Waals surface area contributed by atoms with E-state index in [0.29, 0.717) is 37.7 Å². The van der Waals surface area contributed by atoms with Gasteiger partial charge in [0.1, 0.15) is 5.82 Å². The first-order valence-electron chi connectivity index (χ1n) is 9.72. The molecule has 0 aliphatic carbocycles. The molecular formula is C22H26FN3O2. The molecular weight excluding hydrogens is 357 g/mol. The lowest BCUT2D eigenvalue weighted by molar-refractivity contribution is -0.121. The number of rotatable bonds is 6. The van der Waals surface area contributed by atoms with Crippen LogP contribution in [0.3, 0.4) is 0 Å². The van der Waals surface area contributed by atoms with Gasteiger partial charge in [-0.15, -0.1) is 0 Å². The van der Waals surface area contributed by atoms with Crippen molar-refractivity contribution in [2.75, 3.05) is 25.0 Å². The third-order valence-corrected chi connectivity index (χ3v) is 5.07. The SMILES string of the molecule is O=C(CCc1ccccc1)NCC1CCN(C(=O)Nc2ccc(F)cc2)CC1. The molecule has 0 unspecified atom stereocenters. The highest BCUT2D eigenvalue weighted by atomic mass is 19.1. The Morgan fingerprint density at radius 2 is 1.68 bits per heavy atom. The van der Waals surface area contributed by atoms with Gasteiger partial charge in [-0.25, -0.2) is 9.18 Å². The number of carbonyl (C=O) groups excluding carboxylic acids is 2. The molecule has 28 heavy (non-hydrogen) atoms. The lowest BCUT2D eigenvalue weighted by Crippen LogP contribution is -2.43. The van der Waals surface area contributed by atoms with Gasteiger partial charge < -0.3 is 15.5 Å². The zero-order valence-electron chi connectivity index (χ0n) is 15.9. The van der Waals surface area contributed by atoms with Crippen molar-refractivity contribution in [3.63, 3.8) is 0 Å². The highest BCUT2D eigenvalue weighted by molar-refractivity contribution is 5.89. The highest BCUT2D eigenvalue weighted by Crippen LogP contribution is 2.18. The van der Waals surface area contributed by atoms with Crippen LogP contribution in [0.2, 0.25) is 0 Å². The van der Waals surface area contributed by atoms with E-state index in [0.717, 1.165) is 24.8 Å². The summed E-state index contributed by atoms with van der Waals surface area (Å²) >= 11 is 0. The molecule has 1 aliphatic rings. The maximum Gasteiger partial charge on any atom is 0.321 e. The summed E-state index contributed by atoms with van der Waals surface area (Å²) in [6.07, 6.45) is 2.95. The Bertz CT molecular complexity index is 772. The lowest BCUT2D eigenvalue weighted by Gasteiger charge is -2.32. The first-order chi connectivity index (χ1) is 13.6. The minimum atomic E-state index is -0.329. The smallest absolute Gasteiger partial charge is 0.321 e. The minimum absolute atomic E-state index is 0.0698. The van der Waals surface area contributed by atoms with E-state index in [-0.39, 0.29) is 17.8 Å². The number of carbonyl (C=O) groups is 2. The van der Waals surface area contributed by atoms with E-state index in [2.05, 4.69) is 10.6 Å². The molecule has 6 heteroatoms. The third kappa shape index (κ3) is 6.08. The Kier molecular flexibility index (Phi) is 7.00. The van der Waals surface area contributed by atoms with Crippen molar-refractivity contribution < 1.29 is 14.0 Å². The van der Waals surface area contributed by atoms with Crippen molar-refractivity contribution in [3.05, 3.63) is 66.0 Å². The third-order valence-electron chi connectivity index (χ3n) is 5.07. The molecule has 2 N–H and O–H groups in total. The van der Waals surface area contributed by atoms with Gasteiger partial charge in [0.2, 0.25) is 5.91 Å². The van der Waals surface area contributed by atoms with Crippen LogP contribution in [-0.2, 0) is 11.2 Å². The summed E-state index contributed by atoms with van der Waals surface area (Å²) in [6, 6.07) is 15.5. The average Bonchev–Trinajstić information content (AvgIpc) is 2.73. The second kappa shape index (κ2) is 9.88. The Hall–Kier alpha value is -2.89. The minimum Gasteiger partial charge on any atom is -0.356 e. The number of piperidine rings is 1. The van der Waals surface area contributed by atoms with Gasteiger partial charge in [0, 0.05) is 31.7 Å². The number of likely N-dealkylation sites (tertiary alicyclic amines) is 1. The fraction of sp³-hybridized carbons (Fsp3) is 0.364. The largest absolute Gasteiger partial charge is 0.356 e. The van der Waals surface area contributed by atoms with Gasteiger partial charge in [-0.1, -0.05) is 30.3 Å². The van der Waals surface area contributed by atoms with Gasteiger partial charge in [-0.2, -0.15) is 0 Å². The number of nitrogens with one attached hydrogen (secondary N) is 2. The lowest BCUT2D eigenvalue weighted by atomic mass is 9.97. The predicted octanol–water partition coefficient (Wildman–Crippen LogP) is 3.82. The second-order valence-corrected chi connectivity index (χ2v) is 7.16. The summed E-state index contributed by atoms with van der Waals surface area (Å²) in [6.45, 7) is 1.95. The summed E-state index contributed by atoms with van der Waals surface area (Å²) < 4.78 is 12.9. The summed E-state index contributed by atoms with van der Waals surface area (Å²) in [4.78, 5) is 26.1. The summed E-state index contributed by atoms with van der Waals surface area (Å²) in [5, 5.41) is 5.81. The number of aryl methyl sites for hydroxylation is 1. The Morgan fingerprint density at radius 1 is 1.00 bits per heavy atom. The van der Waals surface area contributed by atoms with Gasteiger partial charge in [0.15, 0.2) is 0 Å². The fourth-order valence-electron chi connectivity index (χ4n) is 3.33. The van der Waals surface area contributed by atoms with E-state index in [4.69, 9.17) is 0 Å². The summed E-state index contributed by atoms with van der Waals surface area (Å²) in [7, 11) is 0. The molecule has 3 amide bonds. The zero-order chi connectivity index (χ0) is 19.8. The molecule has 0 spiro atoms. The molecule has 3 rings (SSSR count). The van der Waals surface area contributed by atoms with E-state index in [9.17, 15) is 14.0 Å². The molecule has 148 valence electrons. The van der Waals surface area contributed by atoms with Gasteiger partial charge in [-0.3, -0.25) is 4.79 Å². The molecule has 1 saturated heterocycles. The number of hydrogen-bond acceptors (Lipinski definition) is 2. The molecule has 0 atom stereocenters. The van der Waals surface area contributed by atoms with Gasteiger partial charge in [-0.05, 0) is 55.0 Å². The molecule has 0 saturated carbocycles. The Labute approximate surface area is 164 Å². The van der Waals surface area contributed by atoms with Crippen molar-refractivity contribution >= 4 is 17.6 Å². The van der Waals surface area contributed by atoms with Crippen molar-refractivity contribution in [2.45, 2.75) is 25.7 Å². The number of halogens is 1. The first-order valence-corrected chi connectivity index (χ1v) is 9.72. The van der Waals surface area contributed by atoms with Crippen LogP contribution in [0.4, 0.5) is 14.9 Å². The molecule has 1 heterocycles. The maximum absolute atomic E-state index is 12.9. The average molecular weight is 383 g/mol. The Balaban J connectivity index is 1.34. The number of amides is 3. The number of hydrogen-bond donors (Lipinski definition) is 2. The second-order valence-electron chi connectivity index (χ2n) is 7.16. The predicted molar refractivity (Wildman–Crippen MR) is 107 cm³/mol. The standard InChI is InChI=1S/C22H26FN3O2/c23-19-7-9-20(10-8-19)25-22(28)26-14-12-18(13-15-26)16-24-21(27)11-6-17-4-2-1-3-5-17/h1-5,7-10,18H,6,11-16H2,(H,24,27)(H,25,28). The van der Waals surface area contributed by atoms with Crippen LogP contribution in [0.15, 0.2) is 54.6 Å². The number of anilines is 1. The molecule has 0 aromatic heterocycles. The van der Waals surface area contributed by atoms with Crippen LogP contribution in [0.1, 0.15) is 24.8 Å². The van der Waals surface area contributed by atoms with Crippen molar-refractivity contribution in [1.82, 2.24) is 10.2 Å². The topological polar surface area (TPSA) is 61.4 Å². The van der Waals surface area contributed by atoms with Gasteiger partial charge in [0.25, 0.3) is 0 Å². The summed E-state index contributed by atoms with van der Waals surface area (Å²) in [5.41, 5.74) is 1.75. The van der Waals surface area contributed by atoms with Gasteiger partial charge >= 0.3 is 6.03 Å². The van der Waals surface area contributed by atoms with E-state index in [1.165, 1.54) is 12.1 Å². The Morgan fingerprint density at radius 3 is 2.36 bits per heavy atom. The maximum atomic E-state index is 12.9.